The number of aryl methyl sites for hydroxylation is 1. The molecule has 0 spiro atoms. The Balaban J connectivity index is 2.73. The van der Waals surface area contributed by atoms with Gasteiger partial charge < -0.3 is 4.57 Å². The number of aromatic nitrogens is 1. The first-order valence-electron chi connectivity index (χ1n) is 5.42. The van der Waals surface area contributed by atoms with Crippen LogP contribution in [0.5, 0.6) is 0 Å². The first kappa shape index (κ1) is 12.4. The molecule has 1 heterocycles. The SMILES string of the molecule is Cc1cc(C=O)c(C)n1-c1cc(C#N)ccc1Cl. The van der Waals surface area contributed by atoms with E-state index in [-0.39, 0.29) is 0 Å². The fourth-order valence-corrected chi connectivity index (χ4v) is 2.23. The molecule has 90 valence electrons. The third-order valence-electron chi connectivity index (χ3n) is 2.91. The van der Waals surface area contributed by atoms with Crippen molar-refractivity contribution < 1.29 is 4.79 Å². The topological polar surface area (TPSA) is 45.8 Å². The lowest BCUT2D eigenvalue weighted by Gasteiger charge is -2.11. The summed E-state index contributed by atoms with van der Waals surface area (Å²) in [7, 11) is 0. The van der Waals surface area contributed by atoms with Gasteiger partial charge in [-0.2, -0.15) is 5.26 Å². The van der Waals surface area contributed by atoms with Gasteiger partial charge in [0, 0.05) is 17.0 Å². The average molecular weight is 259 g/mol. The predicted molar refractivity (Wildman–Crippen MR) is 70.4 cm³/mol. The van der Waals surface area contributed by atoms with Crippen molar-refractivity contribution in [2.75, 3.05) is 0 Å². The van der Waals surface area contributed by atoms with Gasteiger partial charge in [0.1, 0.15) is 0 Å². The van der Waals surface area contributed by atoms with E-state index in [9.17, 15) is 4.79 Å². The molecule has 2 rings (SSSR count). The largest absolute Gasteiger partial charge is 0.316 e. The summed E-state index contributed by atoms with van der Waals surface area (Å²) in [5.74, 6) is 0. The van der Waals surface area contributed by atoms with Crippen molar-refractivity contribution in [1.29, 1.82) is 5.26 Å². The molecule has 0 aliphatic carbocycles. The number of carbonyl (C=O) groups excluding carboxylic acids is 1. The van der Waals surface area contributed by atoms with Gasteiger partial charge in [-0.25, -0.2) is 0 Å². The summed E-state index contributed by atoms with van der Waals surface area (Å²) in [5, 5.41) is 9.48. The summed E-state index contributed by atoms with van der Waals surface area (Å²) in [6, 6.07) is 8.96. The molecule has 18 heavy (non-hydrogen) atoms. The van der Waals surface area contributed by atoms with Crippen LogP contribution in [0.25, 0.3) is 5.69 Å². The van der Waals surface area contributed by atoms with Gasteiger partial charge in [-0.1, -0.05) is 11.6 Å². The minimum atomic E-state index is 0.537. The van der Waals surface area contributed by atoms with Crippen LogP contribution in [-0.2, 0) is 0 Å². The van der Waals surface area contributed by atoms with Crippen LogP contribution in [0.3, 0.4) is 0 Å². The predicted octanol–water partition coefficient (Wildman–Crippen LogP) is 3.43. The second-order valence-electron chi connectivity index (χ2n) is 4.06. The molecule has 0 aliphatic rings. The summed E-state index contributed by atoms with van der Waals surface area (Å²) >= 11 is 6.17. The highest BCUT2D eigenvalue weighted by atomic mass is 35.5. The Morgan fingerprint density at radius 2 is 2.06 bits per heavy atom. The van der Waals surface area contributed by atoms with E-state index in [1.807, 2.05) is 18.4 Å². The zero-order chi connectivity index (χ0) is 13.3. The highest BCUT2D eigenvalue weighted by Gasteiger charge is 2.13. The Morgan fingerprint density at radius 1 is 1.33 bits per heavy atom. The van der Waals surface area contributed by atoms with Gasteiger partial charge >= 0.3 is 0 Å². The average Bonchev–Trinajstić information content (AvgIpc) is 2.65. The summed E-state index contributed by atoms with van der Waals surface area (Å²) in [6.07, 6.45) is 0.820. The van der Waals surface area contributed by atoms with Crippen molar-refractivity contribution in [1.82, 2.24) is 4.57 Å². The van der Waals surface area contributed by atoms with Crippen molar-refractivity contribution in [2.24, 2.45) is 0 Å². The van der Waals surface area contributed by atoms with E-state index in [2.05, 4.69) is 6.07 Å². The van der Waals surface area contributed by atoms with Crippen LogP contribution in [0.2, 0.25) is 5.02 Å². The number of rotatable bonds is 2. The first-order chi connectivity index (χ1) is 8.58. The molecule has 0 N–H and O–H groups in total. The molecule has 0 saturated carbocycles. The fourth-order valence-electron chi connectivity index (χ4n) is 2.03. The van der Waals surface area contributed by atoms with Crippen molar-refractivity contribution >= 4 is 17.9 Å². The third-order valence-corrected chi connectivity index (χ3v) is 3.23. The molecule has 0 bridgehead atoms. The highest BCUT2D eigenvalue weighted by molar-refractivity contribution is 6.32. The van der Waals surface area contributed by atoms with Crippen molar-refractivity contribution in [3.8, 4) is 11.8 Å². The number of hydrogen-bond acceptors (Lipinski definition) is 2. The minimum Gasteiger partial charge on any atom is -0.316 e. The van der Waals surface area contributed by atoms with Crippen molar-refractivity contribution in [3.63, 3.8) is 0 Å². The third kappa shape index (κ3) is 1.92. The van der Waals surface area contributed by atoms with Gasteiger partial charge in [-0.15, -0.1) is 0 Å². The lowest BCUT2D eigenvalue weighted by Crippen LogP contribution is -2.01. The van der Waals surface area contributed by atoms with Crippen molar-refractivity contribution in [3.05, 3.63) is 51.8 Å². The standard InChI is InChI=1S/C14H11ClN2O/c1-9-5-12(8-18)10(2)17(9)14-6-11(7-16)3-4-13(14)15/h3-6,8H,1-2H3. The molecule has 0 aliphatic heterocycles. The Bertz CT molecular complexity index is 665. The van der Waals surface area contributed by atoms with Gasteiger partial charge in [0.2, 0.25) is 0 Å². The van der Waals surface area contributed by atoms with Crippen LogP contribution in [0.15, 0.2) is 24.3 Å². The van der Waals surface area contributed by atoms with E-state index in [4.69, 9.17) is 16.9 Å². The molecule has 1 aromatic carbocycles. The van der Waals surface area contributed by atoms with Crippen molar-refractivity contribution in [2.45, 2.75) is 13.8 Å². The van der Waals surface area contributed by atoms with Crippen LogP contribution >= 0.6 is 11.6 Å². The molecule has 0 amide bonds. The summed E-state index contributed by atoms with van der Waals surface area (Å²) in [5.41, 5.74) is 3.62. The number of carbonyl (C=O) groups is 1. The minimum absolute atomic E-state index is 0.537. The molecule has 0 atom stereocenters. The molecule has 1 aromatic heterocycles. The van der Waals surface area contributed by atoms with Crippen LogP contribution in [0, 0.1) is 25.2 Å². The van der Waals surface area contributed by atoms with E-state index >= 15 is 0 Å². The maximum Gasteiger partial charge on any atom is 0.151 e. The molecule has 0 radical (unpaired) electrons. The van der Waals surface area contributed by atoms with Crippen LogP contribution in [-0.4, -0.2) is 10.9 Å². The highest BCUT2D eigenvalue weighted by Crippen LogP contribution is 2.26. The Kier molecular flexibility index (Phi) is 3.22. The van der Waals surface area contributed by atoms with Crippen LogP contribution < -0.4 is 0 Å². The smallest absolute Gasteiger partial charge is 0.151 e. The maximum absolute atomic E-state index is 10.9. The van der Waals surface area contributed by atoms with Gasteiger partial charge in [0.25, 0.3) is 0 Å². The lowest BCUT2D eigenvalue weighted by atomic mass is 10.2. The zero-order valence-corrected chi connectivity index (χ0v) is 10.8. The van der Waals surface area contributed by atoms with E-state index in [1.165, 1.54) is 0 Å². The number of benzene rings is 1. The van der Waals surface area contributed by atoms with Gasteiger partial charge in [0.05, 0.1) is 22.3 Å². The number of aldehydes is 1. The Labute approximate surface area is 110 Å². The zero-order valence-electron chi connectivity index (χ0n) is 10.1. The van der Waals surface area contributed by atoms with E-state index < -0.39 is 0 Å². The second-order valence-corrected chi connectivity index (χ2v) is 4.46. The van der Waals surface area contributed by atoms with Crippen LogP contribution in [0.1, 0.15) is 27.3 Å². The molecular weight excluding hydrogens is 248 g/mol. The summed E-state index contributed by atoms with van der Waals surface area (Å²) in [6.45, 7) is 3.75. The number of nitrogens with zero attached hydrogens (tertiary/aromatic N) is 2. The van der Waals surface area contributed by atoms with Gasteiger partial charge in [-0.3, -0.25) is 4.79 Å². The molecule has 0 saturated heterocycles. The molecule has 3 nitrogen and oxygen atoms in total. The van der Waals surface area contributed by atoms with E-state index in [0.717, 1.165) is 23.4 Å². The Hall–Kier alpha value is -2.05. The molecule has 0 unspecified atom stereocenters. The van der Waals surface area contributed by atoms with Gasteiger partial charge in [-0.05, 0) is 38.1 Å². The number of halogens is 1. The van der Waals surface area contributed by atoms with E-state index in [1.54, 1.807) is 24.3 Å². The molecule has 2 aromatic rings. The summed E-state index contributed by atoms with van der Waals surface area (Å²) < 4.78 is 1.88. The fraction of sp³-hybridized carbons (Fsp3) is 0.143. The molecular formula is C14H11ClN2O. The molecule has 4 heteroatoms. The van der Waals surface area contributed by atoms with Crippen LogP contribution in [0.4, 0.5) is 0 Å². The maximum atomic E-state index is 10.9. The molecule has 0 fully saturated rings. The number of hydrogen-bond donors (Lipinski definition) is 0. The second kappa shape index (κ2) is 4.67. The first-order valence-corrected chi connectivity index (χ1v) is 5.80. The normalized spacial score (nSPS) is 10.1. The monoisotopic (exact) mass is 258 g/mol. The Morgan fingerprint density at radius 3 is 2.61 bits per heavy atom. The summed E-state index contributed by atoms with van der Waals surface area (Å²) in [4.78, 5) is 10.9. The number of nitriles is 1. The van der Waals surface area contributed by atoms with Gasteiger partial charge in [0.15, 0.2) is 6.29 Å². The van der Waals surface area contributed by atoms with E-state index in [0.29, 0.717) is 16.1 Å². The quantitative estimate of drug-likeness (QED) is 0.775. The lowest BCUT2D eigenvalue weighted by molar-refractivity contribution is 0.112.